The Morgan fingerprint density at radius 1 is 0.917 bits per heavy atom. The third kappa shape index (κ3) is 5.57. The second-order valence-corrected chi connectivity index (χ2v) is 1.79. The van der Waals surface area contributed by atoms with Crippen molar-refractivity contribution in [3.05, 3.63) is 0 Å². The summed E-state index contributed by atoms with van der Waals surface area (Å²) in [5, 5.41) is 0. The van der Waals surface area contributed by atoms with Crippen molar-refractivity contribution in [2.24, 2.45) is 0 Å². The Bertz CT molecular complexity index is 142. The summed E-state index contributed by atoms with van der Waals surface area (Å²) >= 11 is 0. The zero-order valence-corrected chi connectivity index (χ0v) is 6.22. The van der Waals surface area contributed by atoms with Crippen molar-refractivity contribution in [3.63, 3.8) is 0 Å². The molecule has 0 N–H and O–H groups in total. The van der Waals surface area contributed by atoms with E-state index in [9.17, 15) is 18.4 Å². The van der Waals surface area contributed by atoms with Crippen molar-refractivity contribution in [3.8, 4) is 0 Å². The van der Waals surface area contributed by atoms with Gasteiger partial charge in [0.15, 0.2) is 0 Å². The molecule has 0 aromatic carbocycles. The van der Waals surface area contributed by atoms with Gasteiger partial charge in [-0.15, -0.1) is 0 Å². The van der Waals surface area contributed by atoms with E-state index in [0.29, 0.717) is 0 Å². The van der Waals surface area contributed by atoms with E-state index in [-0.39, 0.29) is 0 Å². The van der Waals surface area contributed by atoms with E-state index >= 15 is 0 Å². The smallest absolute Gasteiger partial charge is 0.250 e. The van der Waals surface area contributed by atoms with Crippen molar-refractivity contribution < 1.29 is 28.1 Å². The molecule has 0 saturated carbocycles. The fourth-order valence-corrected chi connectivity index (χ4v) is 0.331. The van der Waals surface area contributed by atoms with E-state index in [0.717, 1.165) is 0 Å². The number of alkyl halides is 2. The highest BCUT2D eigenvalue weighted by atomic mass is 19.1. The summed E-state index contributed by atoms with van der Waals surface area (Å²) in [6, 6.07) is 0. The molecule has 0 radical (unpaired) electrons. The van der Waals surface area contributed by atoms with Crippen LogP contribution in [0.25, 0.3) is 0 Å². The average molecular weight is 182 g/mol. The van der Waals surface area contributed by atoms with E-state index < -0.39 is 38.1 Å². The quantitative estimate of drug-likeness (QED) is 0.474. The van der Waals surface area contributed by atoms with Gasteiger partial charge in [0.2, 0.25) is 0 Å². The molecule has 0 spiro atoms. The molecule has 0 aliphatic rings. The van der Waals surface area contributed by atoms with Crippen LogP contribution in [0.15, 0.2) is 0 Å². The van der Waals surface area contributed by atoms with Gasteiger partial charge >= 0.3 is 11.9 Å². The topological polar surface area (TPSA) is 52.6 Å². The van der Waals surface area contributed by atoms with Crippen LogP contribution in [0.5, 0.6) is 0 Å². The fraction of sp³-hybridized carbons (Fsp3) is 0.667. The molecule has 0 unspecified atom stereocenters. The molecule has 0 aromatic rings. The van der Waals surface area contributed by atoms with Crippen LogP contribution in [0.4, 0.5) is 8.78 Å². The van der Waals surface area contributed by atoms with Gasteiger partial charge in [0.1, 0.15) is 13.3 Å². The summed E-state index contributed by atoms with van der Waals surface area (Å²) in [6.07, 6.45) is -0.966. The summed E-state index contributed by atoms with van der Waals surface area (Å²) in [5.74, 6) is -1.99. The summed E-state index contributed by atoms with van der Waals surface area (Å²) in [6.45, 7) is -1.78. The standard InChI is InChI=1S/C6H8F2O4/c7-3-1-5(9)11-12-6(10)2-4-8/h1-4H2. The SMILES string of the molecule is O=C(CCF)OOC(=O)CCF. The lowest BCUT2D eigenvalue weighted by Crippen LogP contribution is -2.11. The van der Waals surface area contributed by atoms with E-state index in [1.165, 1.54) is 0 Å². The number of hydrogen-bond donors (Lipinski definition) is 0. The molecular formula is C6H8F2O4. The molecule has 4 nitrogen and oxygen atoms in total. The lowest BCUT2D eigenvalue weighted by Gasteiger charge is -1.99. The molecule has 0 fully saturated rings. The Kier molecular flexibility index (Phi) is 5.86. The summed E-state index contributed by atoms with van der Waals surface area (Å²) in [5.41, 5.74) is 0. The number of rotatable bonds is 4. The summed E-state index contributed by atoms with van der Waals surface area (Å²) in [4.78, 5) is 28.2. The molecule has 0 heterocycles. The Morgan fingerprint density at radius 2 is 1.25 bits per heavy atom. The molecule has 0 aromatic heterocycles. The highest BCUT2D eigenvalue weighted by Gasteiger charge is 2.08. The zero-order chi connectivity index (χ0) is 9.40. The number of halogens is 2. The van der Waals surface area contributed by atoms with Crippen molar-refractivity contribution in [2.45, 2.75) is 12.8 Å². The first-order chi connectivity index (χ1) is 5.70. The van der Waals surface area contributed by atoms with Gasteiger partial charge in [-0.25, -0.2) is 19.4 Å². The molecule has 0 aliphatic carbocycles. The maximum atomic E-state index is 11.4. The van der Waals surface area contributed by atoms with Gasteiger partial charge in [-0.05, 0) is 0 Å². The van der Waals surface area contributed by atoms with Crippen LogP contribution >= 0.6 is 0 Å². The van der Waals surface area contributed by atoms with Crippen LogP contribution in [-0.4, -0.2) is 25.3 Å². The lowest BCUT2D eigenvalue weighted by molar-refractivity contribution is -0.259. The first kappa shape index (κ1) is 10.8. The third-order valence-electron chi connectivity index (χ3n) is 0.825. The average Bonchev–Trinajstić information content (AvgIpc) is 2.02. The van der Waals surface area contributed by atoms with Gasteiger partial charge in [-0.1, -0.05) is 0 Å². The van der Waals surface area contributed by atoms with Crippen LogP contribution in [0.2, 0.25) is 0 Å². The van der Waals surface area contributed by atoms with Crippen LogP contribution in [0.1, 0.15) is 12.8 Å². The van der Waals surface area contributed by atoms with E-state index in [1.54, 1.807) is 0 Å². The van der Waals surface area contributed by atoms with Crippen molar-refractivity contribution in [1.29, 1.82) is 0 Å². The van der Waals surface area contributed by atoms with Gasteiger partial charge in [-0.3, -0.25) is 8.78 Å². The maximum Gasteiger partial charge on any atom is 0.358 e. The van der Waals surface area contributed by atoms with Crippen LogP contribution in [-0.2, 0) is 19.4 Å². The van der Waals surface area contributed by atoms with E-state index in [4.69, 9.17) is 0 Å². The molecule has 0 rings (SSSR count). The first-order valence-electron chi connectivity index (χ1n) is 3.22. The first-order valence-corrected chi connectivity index (χ1v) is 3.22. The highest BCUT2D eigenvalue weighted by Crippen LogP contribution is 1.92. The molecule has 6 heteroatoms. The summed E-state index contributed by atoms with van der Waals surface area (Å²) < 4.78 is 22.8. The van der Waals surface area contributed by atoms with Gasteiger partial charge in [-0.2, -0.15) is 0 Å². The minimum absolute atomic E-state index is 0.483. The lowest BCUT2D eigenvalue weighted by atomic mass is 10.5. The van der Waals surface area contributed by atoms with Gasteiger partial charge in [0.25, 0.3) is 0 Å². The van der Waals surface area contributed by atoms with Crippen molar-refractivity contribution >= 4 is 11.9 Å². The normalized spacial score (nSPS) is 9.17. The predicted octanol–water partition coefficient (Wildman–Crippen LogP) is 0.707. The van der Waals surface area contributed by atoms with Crippen LogP contribution in [0, 0.1) is 0 Å². The van der Waals surface area contributed by atoms with Gasteiger partial charge in [0, 0.05) is 0 Å². The number of carbonyl (C=O) groups is 2. The molecule has 12 heavy (non-hydrogen) atoms. The van der Waals surface area contributed by atoms with Crippen LogP contribution in [0.3, 0.4) is 0 Å². The molecule has 0 bridgehead atoms. The second kappa shape index (κ2) is 6.51. The van der Waals surface area contributed by atoms with E-state index in [2.05, 4.69) is 9.78 Å². The Hall–Kier alpha value is -1.20. The highest BCUT2D eigenvalue weighted by molar-refractivity contribution is 5.72. The molecule has 0 atom stereocenters. The Labute approximate surface area is 67.4 Å². The minimum Gasteiger partial charge on any atom is -0.250 e. The molecular weight excluding hydrogens is 174 g/mol. The van der Waals surface area contributed by atoms with E-state index in [1.807, 2.05) is 0 Å². The Morgan fingerprint density at radius 3 is 1.50 bits per heavy atom. The molecule has 0 aliphatic heterocycles. The maximum absolute atomic E-state index is 11.4. The Balaban J connectivity index is 3.40. The molecule has 0 saturated heterocycles. The monoisotopic (exact) mass is 182 g/mol. The number of hydrogen-bond acceptors (Lipinski definition) is 4. The fourth-order valence-electron chi connectivity index (χ4n) is 0.331. The largest absolute Gasteiger partial charge is 0.358 e. The number of carbonyl (C=O) groups excluding carboxylic acids is 2. The van der Waals surface area contributed by atoms with Crippen molar-refractivity contribution in [1.82, 2.24) is 0 Å². The second-order valence-electron chi connectivity index (χ2n) is 1.79. The van der Waals surface area contributed by atoms with Gasteiger partial charge in [0.05, 0.1) is 12.8 Å². The molecule has 70 valence electrons. The van der Waals surface area contributed by atoms with Crippen molar-refractivity contribution in [2.75, 3.05) is 13.3 Å². The summed E-state index contributed by atoms with van der Waals surface area (Å²) in [7, 11) is 0. The zero-order valence-electron chi connectivity index (χ0n) is 6.22. The minimum atomic E-state index is -0.996. The third-order valence-corrected chi connectivity index (χ3v) is 0.825. The van der Waals surface area contributed by atoms with Gasteiger partial charge < -0.3 is 0 Å². The molecule has 0 amide bonds. The predicted molar refractivity (Wildman–Crippen MR) is 33.4 cm³/mol. The van der Waals surface area contributed by atoms with Crippen LogP contribution < -0.4 is 0 Å².